The third-order valence-corrected chi connectivity index (χ3v) is 3.74. The van der Waals surface area contributed by atoms with Gasteiger partial charge in [0.25, 0.3) is 0 Å². The number of aromatic nitrogens is 2. The van der Waals surface area contributed by atoms with E-state index in [4.69, 9.17) is 0 Å². The van der Waals surface area contributed by atoms with Crippen molar-refractivity contribution in [2.24, 2.45) is 0 Å². The summed E-state index contributed by atoms with van der Waals surface area (Å²) >= 11 is 1.84. The molecule has 2 aromatic rings. The monoisotopic (exact) mass is 259 g/mol. The van der Waals surface area contributed by atoms with E-state index >= 15 is 0 Å². The van der Waals surface area contributed by atoms with Gasteiger partial charge in [0, 0.05) is 22.8 Å². The fourth-order valence-corrected chi connectivity index (χ4v) is 2.06. The van der Waals surface area contributed by atoms with Crippen molar-refractivity contribution in [3.05, 3.63) is 47.8 Å². The molecule has 0 bridgehead atoms. The summed E-state index contributed by atoms with van der Waals surface area (Å²) in [4.78, 5) is 8.54. The summed E-state index contributed by atoms with van der Waals surface area (Å²) in [5, 5.41) is 3.72. The topological polar surface area (TPSA) is 37.8 Å². The van der Waals surface area contributed by atoms with Crippen molar-refractivity contribution >= 4 is 23.4 Å². The Kier molecular flexibility index (Phi) is 4.20. The molecule has 3 nitrogen and oxygen atoms in total. The summed E-state index contributed by atoms with van der Waals surface area (Å²) in [6.45, 7) is 4.16. The Labute approximate surface area is 112 Å². The number of nitrogens with zero attached hydrogens (tertiary/aromatic N) is 2. The van der Waals surface area contributed by atoms with Crippen molar-refractivity contribution in [1.29, 1.82) is 0 Å². The Morgan fingerprint density at radius 3 is 2.83 bits per heavy atom. The molecule has 0 aliphatic carbocycles. The zero-order valence-electron chi connectivity index (χ0n) is 10.8. The smallest absolute Gasteiger partial charge is 0.227 e. The highest BCUT2D eigenvalue weighted by Gasteiger charge is 2.04. The first kappa shape index (κ1) is 12.9. The lowest BCUT2D eigenvalue weighted by Crippen LogP contribution is -1.98. The number of hydrogen-bond acceptors (Lipinski definition) is 4. The number of anilines is 2. The predicted octanol–water partition coefficient (Wildman–Crippen LogP) is 3.95. The Morgan fingerprint density at radius 2 is 2.11 bits per heavy atom. The van der Waals surface area contributed by atoms with Crippen LogP contribution >= 0.6 is 11.8 Å². The summed E-state index contributed by atoms with van der Waals surface area (Å²) in [7, 11) is 0. The number of hydrogen-bond donors (Lipinski definition) is 1. The third kappa shape index (κ3) is 3.23. The quantitative estimate of drug-likeness (QED) is 0.902. The lowest BCUT2D eigenvalue weighted by atomic mass is 10.1. The van der Waals surface area contributed by atoms with E-state index in [1.165, 1.54) is 5.56 Å². The molecule has 4 heteroatoms. The number of benzene rings is 1. The van der Waals surface area contributed by atoms with Crippen LogP contribution in [0.3, 0.4) is 0 Å². The lowest BCUT2D eigenvalue weighted by Gasteiger charge is -2.11. The van der Waals surface area contributed by atoms with E-state index in [2.05, 4.69) is 46.7 Å². The largest absolute Gasteiger partial charge is 0.324 e. The van der Waals surface area contributed by atoms with Crippen LogP contribution in [0, 0.1) is 6.92 Å². The number of nitrogens with one attached hydrogen (secondary N) is 1. The van der Waals surface area contributed by atoms with Crippen molar-refractivity contribution in [2.75, 3.05) is 11.6 Å². The lowest BCUT2D eigenvalue weighted by molar-refractivity contribution is 1.09. The van der Waals surface area contributed by atoms with Crippen LogP contribution in [-0.2, 0) is 0 Å². The van der Waals surface area contributed by atoms with Crippen LogP contribution in [0.15, 0.2) is 36.5 Å². The van der Waals surface area contributed by atoms with E-state index in [9.17, 15) is 0 Å². The molecule has 2 rings (SSSR count). The van der Waals surface area contributed by atoms with Crippen LogP contribution in [0.5, 0.6) is 0 Å². The van der Waals surface area contributed by atoms with E-state index < -0.39 is 0 Å². The number of rotatable bonds is 4. The average molecular weight is 259 g/mol. The summed E-state index contributed by atoms with van der Waals surface area (Å²) < 4.78 is 0. The number of thioether (sulfide) groups is 1. The zero-order chi connectivity index (χ0) is 13.0. The van der Waals surface area contributed by atoms with E-state index in [0.717, 1.165) is 11.4 Å². The number of aryl methyl sites for hydroxylation is 1. The Bertz CT molecular complexity index is 528. The molecule has 1 aromatic carbocycles. The van der Waals surface area contributed by atoms with Crippen LogP contribution in [0.1, 0.15) is 23.4 Å². The van der Waals surface area contributed by atoms with Crippen LogP contribution in [0.4, 0.5) is 11.6 Å². The second kappa shape index (κ2) is 5.87. The predicted molar refractivity (Wildman–Crippen MR) is 78.4 cm³/mol. The van der Waals surface area contributed by atoms with Crippen LogP contribution in [0.2, 0.25) is 0 Å². The molecule has 94 valence electrons. The molecule has 1 unspecified atom stereocenters. The normalized spacial score (nSPS) is 12.2. The fourth-order valence-electron chi connectivity index (χ4n) is 1.64. The van der Waals surface area contributed by atoms with Gasteiger partial charge in [-0.2, -0.15) is 11.8 Å². The molecule has 1 heterocycles. The average Bonchev–Trinajstić information content (AvgIpc) is 2.38. The van der Waals surface area contributed by atoms with Gasteiger partial charge in [-0.25, -0.2) is 9.97 Å². The molecule has 18 heavy (non-hydrogen) atoms. The standard InChI is InChI=1S/C14H17N3S/c1-10-7-8-15-14(16-10)17-13-6-4-5-12(9-13)11(2)18-3/h4-9,11H,1-3H3,(H,15,16,17). The summed E-state index contributed by atoms with van der Waals surface area (Å²) in [5.74, 6) is 0.643. The minimum atomic E-state index is 0.491. The molecular weight excluding hydrogens is 242 g/mol. The van der Waals surface area contributed by atoms with Crippen molar-refractivity contribution in [3.8, 4) is 0 Å². The molecule has 0 spiro atoms. The highest BCUT2D eigenvalue weighted by molar-refractivity contribution is 7.98. The van der Waals surface area contributed by atoms with Gasteiger partial charge in [0.1, 0.15) is 0 Å². The second-order valence-electron chi connectivity index (χ2n) is 4.15. The first-order valence-corrected chi connectivity index (χ1v) is 7.17. The van der Waals surface area contributed by atoms with Gasteiger partial charge in [-0.3, -0.25) is 0 Å². The van der Waals surface area contributed by atoms with Crippen molar-refractivity contribution < 1.29 is 0 Å². The molecular formula is C14H17N3S. The van der Waals surface area contributed by atoms with Gasteiger partial charge in [-0.1, -0.05) is 12.1 Å². The molecule has 0 fully saturated rings. The zero-order valence-corrected chi connectivity index (χ0v) is 11.7. The molecule has 0 amide bonds. The van der Waals surface area contributed by atoms with E-state index in [-0.39, 0.29) is 0 Å². The minimum Gasteiger partial charge on any atom is -0.324 e. The first-order chi connectivity index (χ1) is 8.69. The minimum absolute atomic E-state index is 0.491. The maximum Gasteiger partial charge on any atom is 0.227 e. The molecule has 0 saturated heterocycles. The second-order valence-corrected chi connectivity index (χ2v) is 5.33. The summed E-state index contributed by atoms with van der Waals surface area (Å²) in [5.41, 5.74) is 3.29. The first-order valence-electron chi connectivity index (χ1n) is 5.88. The highest BCUT2D eigenvalue weighted by atomic mass is 32.2. The van der Waals surface area contributed by atoms with E-state index in [0.29, 0.717) is 11.2 Å². The van der Waals surface area contributed by atoms with Gasteiger partial charge >= 0.3 is 0 Å². The van der Waals surface area contributed by atoms with Gasteiger partial charge in [-0.15, -0.1) is 0 Å². The molecule has 1 N–H and O–H groups in total. The molecule has 1 aromatic heterocycles. The van der Waals surface area contributed by atoms with Crippen LogP contribution in [0.25, 0.3) is 0 Å². The summed E-state index contributed by atoms with van der Waals surface area (Å²) in [6, 6.07) is 10.3. The van der Waals surface area contributed by atoms with Crippen molar-refractivity contribution in [3.63, 3.8) is 0 Å². The fraction of sp³-hybridized carbons (Fsp3) is 0.286. The van der Waals surface area contributed by atoms with Gasteiger partial charge in [0.2, 0.25) is 5.95 Å². The Hall–Kier alpha value is -1.55. The maximum atomic E-state index is 4.34. The highest BCUT2D eigenvalue weighted by Crippen LogP contribution is 2.27. The maximum absolute atomic E-state index is 4.34. The molecule has 1 atom stereocenters. The molecule has 0 radical (unpaired) electrons. The van der Waals surface area contributed by atoms with Gasteiger partial charge in [0.05, 0.1) is 0 Å². The third-order valence-electron chi connectivity index (χ3n) is 2.76. The molecule has 0 aliphatic rings. The Morgan fingerprint density at radius 1 is 1.28 bits per heavy atom. The van der Waals surface area contributed by atoms with Gasteiger partial charge in [0.15, 0.2) is 0 Å². The summed E-state index contributed by atoms with van der Waals surface area (Å²) in [6.07, 6.45) is 3.88. The van der Waals surface area contributed by atoms with E-state index in [1.807, 2.05) is 30.8 Å². The van der Waals surface area contributed by atoms with E-state index in [1.54, 1.807) is 6.20 Å². The Balaban J connectivity index is 2.19. The van der Waals surface area contributed by atoms with Crippen molar-refractivity contribution in [1.82, 2.24) is 9.97 Å². The van der Waals surface area contributed by atoms with Crippen LogP contribution in [-0.4, -0.2) is 16.2 Å². The van der Waals surface area contributed by atoms with Crippen LogP contribution < -0.4 is 5.32 Å². The molecule has 0 saturated carbocycles. The SMILES string of the molecule is CSC(C)c1cccc(Nc2nccc(C)n2)c1. The molecule has 0 aliphatic heterocycles. The van der Waals surface area contributed by atoms with Gasteiger partial charge < -0.3 is 5.32 Å². The van der Waals surface area contributed by atoms with Crippen molar-refractivity contribution in [2.45, 2.75) is 19.1 Å². The van der Waals surface area contributed by atoms with Gasteiger partial charge in [-0.05, 0) is 43.9 Å².